The molecule has 0 radical (unpaired) electrons. The van der Waals surface area contributed by atoms with Crippen molar-refractivity contribution >= 4 is 23.0 Å². The van der Waals surface area contributed by atoms with E-state index in [1.807, 2.05) is 73.6 Å². The van der Waals surface area contributed by atoms with Gasteiger partial charge < -0.3 is 15.0 Å². The Hall–Kier alpha value is -2.71. The third-order valence-electron chi connectivity index (χ3n) is 6.99. The maximum atomic E-state index is 13.6. The van der Waals surface area contributed by atoms with Crippen molar-refractivity contribution in [2.45, 2.75) is 63.0 Å². The summed E-state index contributed by atoms with van der Waals surface area (Å²) in [4.78, 5) is 28.2. The van der Waals surface area contributed by atoms with E-state index in [-0.39, 0.29) is 29.9 Å². The zero-order chi connectivity index (χ0) is 26.4. The van der Waals surface area contributed by atoms with Gasteiger partial charge in [-0.3, -0.25) is 4.79 Å². The smallest absolute Gasteiger partial charge is 0.410 e. The maximum absolute atomic E-state index is 13.6. The quantitative estimate of drug-likeness (QED) is 0.580. The Balaban J connectivity index is 1.38. The topological polar surface area (TPSA) is 79.0 Å². The highest BCUT2D eigenvalue weighted by Gasteiger charge is 2.36. The fourth-order valence-electron chi connectivity index (χ4n) is 5.13. The average Bonchev–Trinajstić information content (AvgIpc) is 2.91. The summed E-state index contributed by atoms with van der Waals surface area (Å²) in [6.07, 6.45) is 3.07. The number of benzene rings is 2. The van der Waals surface area contributed by atoms with Gasteiger partial charge in [0.25, 0.3) is 0 Å². The Bertz CT molecular complexity index is 1070. The fourth-order valence-corrected chi connectivity index (χ4v) is 6.56. The Morgan fingerprint density at radius 2 is 1.65 bits per heavy atom. The van der Waals surface area contributed by atoms with Crippen molar-refractivity contribution in [2.75, 3.05) is 26.2 Å². The molecule has 2 fully saturated rings. The number of likely N-dealkylation sites (tertiary alicyclic amines) is 1. The lowest BCUT2D eigenvalue weighted by Crippen LogP contribution is -2.48. The molecule has 0 saturated carbocycles. The van der Waals surface area contributed by atoms with E-state index in [0.29, 0.717) is 26.2 Å². The summed E-state index contributed by atoms with van der Waals surface area (Å²) in [5, 5.41) is 3.14. The lowest BCUT2D eigenvalue weighted by Gasteiger charge is -2.38. The first-order valence-corrected chi connectivity index (χ1v) is 14.4. The van der Waals surface area contributed by atoms with Gasteiger partial charge in [-0.15, -0.1) is 0 Å². The van der Waals surface area contributed by atoms with Crippen LogP contribution in [0.3, 0.4) is 0 Å². The predicted molar refractivity (Wildman–Crippen MR) is 145 cm³/mol. The molecular weight excluding hydrogens is 486 g/mol. The molecular formula is C29H39N3O4S. The molecule has 2 aromatic rings. The van der Waals surface area contributed by atoms with E-state index in [1.54, 1.807) is 4.90 Å². The highest BCUT2D eigenvalue weighted by Crippen LogP contribution is 2.36. The van der Waals surface area contributed by atoms with Crippen molar-refractivity contribution in [3.8, 4) is 0 Å². The Kier molecular flexibility index (Phi) is 9.03. The lowest BCUT2D eigenvalue weighted by atomic mass is 9.90. The van der Waals surface area contributed by atoms with E-state index in [0.717, 1.165) is 36.1 Å². The van der Waals surface area contributed by atoms with Gasteiger partial charge in [0.15, 0.2) is 0 Å². The molecule has 2 saturated heterocycles. The van der Waals surface area contributed by atoms with Crippen molar-refractivity contribution < 1.29 is 18.5 Å². The molecule has 2 aliphatic heterocycles. The molecule has 0 aromatic heterocycles. The third kappa shape index (κ3) is 7.42. The van der Waals surface area contributed by atoms with Gasteiger partial charge in [-0.2, -0.15) is 0 Å². The van der Waals surface area contributed by atoms with E-state index in [2.05, 4.69) is 17.4 Å². The largest absolute Gasteiger partial charge is 0.444 e. The summed E-state index contributed by atoms with van der Waals surface area (Å²) in [5.74, 6) is -0.0467. The third-order valence-corrected chi connectivity index (χ3v) is 8.49. The Morgan fingerprint density at radius 1 is 0.973 bits per heavy atom. The highest BCUT2D eigenvalue weighted by molar-refractivity contribution is 7.82. The average molecular weight is 526 g/mol. The summed E-state index contributed by atoms with van der Waals surface area (Å²) in [6.45, 7) is 7.83. The van der Waals surface area contributed by atoms with E-state index < -0.39 is 16.6 Å². The number of carbonyl (C=O) groups is 2. The number of nitrogens with zero attached hydrogens (tertiary/aromatic N) is 2. The van der Waals surface area contributed by atoms with Gasteiger partial charge in [-0.1, -0.05) is 48.5 Å². The van der Waals surface area contributed by atoms with Crippen molar-refractivity contribution in [3.05, 3.63) is 66.2 Å². The molecule has 0 aliphatic carbocycles. The van der Waals surface area contributed by atoms with Gasteiger partial charge in [0.05, 0.1) is 10.8 Å². The summed E-state index contributed by atoms with van der Waals surface area (Å²) in [6, 6.07) is 19.6. The van der Waals surface area contributed by atoms with Gasteiger partial charge in [0, 0.05) is 32.2 Å². The maximum Gasteiger partial charge on any atom is 0.410 e. The van der Waals surface area contributed by atoms with Crippen molar-refractivity contribution in [1.82, 2.24) is 14.5 Å². The summed E-state index contributed by atoms with van der Waals surface area (Å²) in [7, 11) is -1.37. The molecule has 8 heteroatoms. The summed E-state index contributed by atoms with van der Waals surface area (Å²) < 4.78 is 21.1. The van der Waals surface area contributed by atoms with Crippen LogP contribution in [0.25, 0.3) is 0 Å². The van der Waals surface area contributed by atoms with Gasteiger partial charge >= 0.3 is 6.09 Å². The van der Waals surface area contributed by atoms with Crippen LogP contribution in [0.1, 0.15) is 58.1 Å². The second kappa shape index (κ2) is 12.2. The monoisotopic (exact) mass is 525 g/mol. The summed E-state index contributed by atoms with van der Waals surface area (Å²) in [5.41, 5.74) is 0.595. The molecule has 4 rings (SSSR count). The van der Waals surface area contributed by atoms with E-state index in [9.17, 15) is 13.8 Å². The molecule has 1 N–H and O–H groups in total. The number of carbonyl (C=O) groups excluding carboxylic acids is 2. The van der Waals surface area contributed by atoms with Gasteiger partial charge in [0.1, 0.15) is 16.6 Å². The normalized spacial score (nSPS) is 23.8. The predicted octanol–water partition coefficient (Wildman–Crippen LogP) is 4.93. The molecule has 2 amide bonds. The van der Waals surface area contributed by atoms with Crippen LogP contribution in [0.2, 0.25) is 0 Å². The zero-order valence-corrected chi connectivity index (χ0v) is 22.9. The van der Waals surface area contributed by atoms with Crippen LogP contribution >= 0.6 is 0 Å². The van der Waals surface area contributed by atoms with Crippen LogP contribution in [-0.2, 0) is 20.5 Å². The minimum absolute atomic E-state index is 0.00374. The first kappa shape index (κ1) is 27.3. The summed E-state index contributed by atoms with van der Waals surface area (Å²) >= 11 is 0. The van der Waals surface area contributed by atoms with Crippen molar-refractivity contribution in [3.63, 3.8) is 0 Å². The number of piperidine rings is 2. The number of nitrogens with one attached hydrogen (secondary N) is 1. The SMILES string of the molecule is CC(C)(C)OC(=O)N1CCC[C@H](CNC(=O)C2CCC(c3ccccc3)N(S(=O)c3ccccc3)C2)C1. The Morgan fingerprint density at radius 3 is 2.32 bits per heavy atom. The van der Waals surface area contributed by atoms with E-state index in [1.165, 1.54) is 0 Å². The van der Waals surface area contributed by atoms with E-state index in [4.69, 9.17) is 4.74 Å². The fraction of sp³-hybridized carbons (Fsp3) is 0.517. The van der Waals surface area contributed by atoms with Gasteiger partial charge in [-0.25, -0.2) is 13.3 Å². The molecule has 2 aromatic carbocycles. The van der Waals surface area contributed by atoms with Crippen LogP contribution in [0.15, 0.2) is 65.6 Å². The molecule has 0 bridgehead atoms. The first-order chi connectivity index (χ1) is 17.7. The van der Waals surface area contributed by atoms with Crippen molar-refractivity contribution in [1.29, 1.82) is 0 Å². The van der Waals surface area contributed by atoms with Crippen LogP contribution in [-0.4, -0.2) is 57.2 Å². The van der Waals surface area contributed by atoms with Gasteiger partial charge in [0.2, 0.25) is 5.91 Å². The van der Waals surface area contributed by atoms with Crippen LogP contribution < -0.4 is 5.32 Å². The number of amides is 2. The number of hydrogen-bond donors (Lipinski definition) is 1. The minimum Gasteiger partial charge on any atom is -0.444 e. The second-order valence-electron chi connectivity index (χ2n) is 11.0. The molecule has 7 nitrogen and oxygen atoms in total. The van der Waals surface area contributed by atoms with Gasteiger partial charge in [-0.05, 0) is 70.1 Å². The Labute approximate surface area is 223 Å². The number of hydrogen-bond acceptors (Lipinski definition) is 4. The minimum atomic E-state index is -1.37. The molecule has 0 spiro atoms. The second-order valence-corrected chi connectivity index (χ2v) is 12.5. The molecule has 200 valence electrons. The molecule has 2 aliphatic rings. The zero-order valence-electron chi connectivity index (χ0n) is 22.1. The first-order valence-electron chi connectivity index (χ1n) is 13.3. The number of ether oxygens (including phenoxy) is 1. The molecule has 4 atom stereocenters. The molecule has 37 heavy (non-hydrogen) atoms. The highest BCUT2D eigenvalue weighted by atomic mass is 32.2. The molecule has 3 unspecified atom stereocenters. The van der Waals surface area contributed by atoms with Crippen LogP contribution in [0.4, 0.5) is 4.79 Å². The standard InChI is InChI=1S/C29H39N3O4S/c1-29(2,3)36-28(34)31-18-10-11-22(20-31)19-30-27(33)24-16-17-26(23-12-6-4-7-13-23)32(21-24)37(35)25-14-8-5-9-15-25/h4-9,12-15,22,24,26H,10-11,16-21H2,1-3H3,(H,30,33)/t22-,24?,26?,37?/m1/s1. The van der Waals surface area contributed by atoms with Crippen molar-refractivity contribution in [2.24, 2.45) is 11.8 Å². The van der Waals surface area contributed by atoms with Crippen LogP contribution in [0, 0.1) is 11.8 Å². The van der Waals surface area contributed by atoms with E-state index >= 15 is 0 Å². The molecule has 2 heterocycles. The number of rotatable bonds is 6. The lowest BCUT2D eigenvalue weighted by molar-refractivity contribution is -0.126. The van der Waals surface area contributed by atoms with Crippen LogP contribution in [0.5, 0.6) is 0 Å².